The van der Waals surface area contributed by atoms with E-state index in [2.05, 4.69) is 58.4 Å². The van der Waals surface area contributed by atoms with Gasteiger partial charge in [0.25, 0.3) is 5.91 Å². The number of halogens is 2. The van der Waals surface area contributed by atoms with Crippen LogP contribution in [0.15, 0.2) is 21.9 Å². The van der Waals surface area contributed by atoms with Crippen LogP contribution in [0.5, 0.6) is 5.75 Å². The molecule has 0 spiro atoms. The van der Waals surface area contributed by atoms with Gasteiger partial charge in [0.1, 0.15) is 5.75 Å². The Balaban J connectivity index is 1.78. The van der Waals surface area contributed by atoms with Gasteiger partial charge in [0.15, 0.2) is 5.69 Å². The zero-order valence-electron chi connectivity index (χ0n) is 13.0. The fourth-order valence-electron chi connectivity index (χ4n) is 1.98. The maximum atomic E-state index is 12.2. The van der Waals surface area contributed by atoms with Crippen LogP contribution in [-0.4, -0.2) is 42.5 Å². The predicted octanol–water partition coefficient (Wildman–Crippen LogP) is 1.22. The van der Waals surface area contributed by atoms with Crippen LogP contribution >= 0.6 is 45.2 Å². The van der Waals surface area contributed by atoms with Crippen molar-refractivity contribution >= 4 is 63.1 Å². The molecular formula is C13H10I2N8O3. The maximum absolute atomic E-state index is 12.2. The number of hydrogen-bond acceptors (Lipinski definition) is 9. The number of carbonyl (C=O) groups excluding carboxylic acids is 1. The summed E-state index contributed by atoms with van der Waals surface area (Å²) in [7, 11) is 0. The summed E-state index contributed by atoms with van der Waals surface area (Å²) in [6, 6.07) is 3.55. The topological polar surface area (TPSA) is 157 Å². The number of carbonyl (C=O) groups is 1. The number of hydrogen-bond donors (Lipinski definition) is 3. The van der Waals surface area contributed by atoms with Crippen LogP contribution in [0.1, 0.15) is 21.7 Å². The molecule has 1 aromatic carbocycles. The third kappa shape index (κ3) is 3.62. The highest BCUT2D eigenvalue weighted by molar-refractivity contribution is 14.1. The molecule has 0 aliphatic carbocycles. The minimum absolute atomic E-state index is 0.0201. The van der Waals surface area contributed by atoms with Crippen LogP contribution in [0.2, 0.25) is 0 Å². The highest BCUT2D eigenvalue weighted by atomic mass is 127. The minimum atomic E-state index is -0.583. The van der Waals surface area contributed by atoms with Crippen molar-refractivity contribution in [3.63, 3.8) is 0 Å². The molecule has 4 N–H and O–H groups in total. The summed E-state index contributed by atoms with van der Waals surface area (Å²) in [5.41, 5.74) is 8.83. The van der Waals surface area contributed by atoms with Crippen molar-refractivity contribution in [2.75, 3.05) is 5.73 Å². The molecule has 3 rings (SSSR count). The number of rotatable bonds is 4. The van der Waals surface area contributed by atoms with Crippen LogP contribution in [0.4, 0.5) is 5.82 Å². The number of aromatic hydroxyl groups is 1. The molecule has 1 amide bonds. The van der Waals surface area contributed by atoms with E-state index in [0.29, 0.717) is 14.8 Å². The summed E-state index contributed by atoms with van der Waals surface area (Å²) < 4.78 is 7.35. The molecule has 0 bridgehead atoms. The first-order valence-corrected chi connectivity index (χ1v) is 9.06. The highest BCUT2D eigenvalue weighted by Crippen LogP contribution is 2.25. The van der Waals surface area contributed by atoms with E-state index >= 15 is 0 Å². The normalized spacial score (nSPS) is 11.2. The van der Waals surface area contributed by atoms with Gasteiger partial charge >= 0.3 is 0 Å². The molecule has 2 aromatic heterocycles. The van der Waals surface area contributed by atoms with E-state index in [1.807, 2.05) is 28.7 Å². The summed E-state index contributed by atoms with van der Waals surface area (Å²) in [6.45, 7) is 1.61. The minimum Gasteiger partial charge on any atom is -0.506 e. The second kappa shape index (κ2) is 7.52. The molecular weight excluding hydrogens is 570 g/mol. The second-order valence-corrected chi connectivity index (χ2v) is 7.34. The van der Waals surface area contributed by atoms with Gasteiger partial charge in [0.05, 0.1) is 15.5 Å². The van der Waals surface area contributed by atoms with E-state index in [4.69, 9.17) is 5.73 Å². The van der Waals surface area contributed by atoms with E-state index in [1.165, 1.54) is 10.9 Å². The third-order valence-electron chi connectivity index (χ3n) is 3.23. The van der Waals surface area contributed by atoms with Gasteiger partial charge in [0.2, 0.25) is 11.6 Å². The highest BCUT2D eigenvalue weighted by Gasteiger charge is 2.20. The Morgan fingerprint density at radius 1 is 1.42 bits per heavy atom. The van der Waals surface area contributed by atoms with Crippen LogP contribution < -0.4 is 11.2 Å². The lowest BCUT2D eigenvalue weighted by atomic mass is 10.2. The average Bonchev–Trinajstić information content (AvgIpc) is 3.17. The fraction of sp³-hybridized carbons (Fsp3) is 0.0769. The molecule has 0 aliphatic heterocycles. The van der Waals surface area contributed by atoms with Crippen molar-refractivity contribution in [1.29, 1.82) is 0 Å². The molecule has 3 aromatic rings. The van der Waals surface area contributed by atoms with Crippen LogP contribution in [0.25, 0.3) is 5.82 Å². The Labute approximate surface area is 173 Å². The lowest BCUT2D eigenvalue weighted by Crippen LogP contribution is -2.19. The van der Waals surface area contributed by atoms with E-state index in [-0.39, 0.29) is 23.1 Å². The Hall–Kier alpha value is -2.30. The third-order valence-corrected chi connectivity index (χ3v) is 4.68. The number of benzene rings is 1. The van der Waals surface area contributed by atoms with E-state index in [9.17, 15) is 9.90 Å². The van der Waals surface area contributed by atoms with E-state index < -0.39 is 5.91 Å². The van der Waals surface area contributed by atoms with E-state index in [1.54, 1.807) is 13.0 Å². The molecule has 134 valence electrons. The SMILES string of the molecule is Cc1c(C(=O)N/N=C\c2cc(I)cc(I)c2O)nnn1-c1nonc1N. The summed E-state index contributed by atoms with van der Waals surface area (Å²) in [5.74, 6) is -0.345. The van der Waals surface area contributed by atoms with Crippen molar-refractivity contribution in [3.05, 3.63) is 36.2 Å². The number of nitrogen functional groups attached to an aromatic ring is 1. The number of phenols is 1. The van der Waals surface area contributed by atoms with Crippen LogP contribution in [-0.2, 0) is 0 Å². The molecule has 0 radical (unpaired) electrons. The number of aromatic nitrogens is 5. The molecule has 0 unspecified atom stereocenters. The molecule has 2 heterocycles. The zero-order valence-corrected chi connectivity index (χ0v) is 17.3. The number of nitrogens with two attached hydrogens (primary N) is 1. The maximum Gasteiger partial charge on any atom is 0.293 e. The molecule has 0 saturated carbocycles. The number of phenolic OH excluding ortho intramolecular Hbond substituents is 1. The lowest BCUT2D eigenvalue weighted by molar-refractivity contribution is 0.0949. The van der Waals surface area contributed by atoms with Gasteiger partial charge in [-0.05, 0) is 74.6 Å². The first-order valence-electron chi connectivity index (χ1n) is 6.90. The predicted molar refractivity (Wildman–Crippen MR) is 107 cm³/mol. The summed E-state index contributed by atoms with van der Waals surface area (Å²) in [5, 5.41) is 28.5. The largest absolute Gasteiger partial charge is 0.506 e. The summed E-state index contributed by atoms with van der Waals surface area (Å²) in [6.07, 6.45) is 1.34. The average molecular weight is 580 g/mol. The molecule has 13 heteroatoms. The summed E-state index contributed by atoms with van der Waals surface area (Å²) >= 11 is 4.13. The van der Waals surface area contributed by atoms with Gasteiger partial charge < -0.3 is 10.8 Å². The second-order valence-electron chi connectivity index (χ2n) is 4.93. The monoisotopic (exact) mass is 580 g/mol. The Morgan fingerprint density at radius 3 is 2.88 bits per heavy atom. The first-order chi connectivity index (χ1) is 12.4. The number of nitrogens with one attached hydrogen (secondary N) is 1. The van der Waals surface area contributed by atoms with Crippen molar-refractivity contribution in [2.24, 2.45) is 5.10 Å². The van der Waals surface area contributed by atoms with Gasteiger partial charge in [-0.25, -0.2) is 10.1 Å². The van der Waals surface area contributed by atoms with Gasteiger partial charge in [-0.1, -0.05) is 5.21 Å². The Bertz CT molecular complexity index is 1010. The first kappa shape index (κ1) is 18.5. The van der Waals surface area contributed by atoms with Crippen molar-refractivity contribution in [1.82, 2.24) is 30.7 Å². The van der Waals surface area contributed by atoms with Gasteiger partial charge in [-0.3, -0.25) is 4.79 Å². The smallest absolute Gasteiger partial charge is 0.293 e. The number of nitrogens with zero attached hydrogens (tertiary/aromatic N) is 6. The standard InChI is InChI=1S/C13H10I2N8O3/c1-5-9(18-22-23(5)12-11(16)20-26-21-12)13(25)19-17-4-6-2-7(14)3-8(15)10(6)24/h2-4,24H,1H3,(H2,16,20)(H,19,25)/b17-4-. The van der Waals surface area contributed by atoms with Gasteiger partial charge in [0, 0.05) is 9.13 Å². The molecule has 0 saturated heterocycles. The van der Waals surface area contributed by atoms with Crippen LogP contribution in [0, 0.1) is 14.1 Å². The van der Waals surface area contributed by atoms with E-state index in [0.717, 1.165) is 3.57 Å². The lowest BCUT2D eigenvalue weighted by Gasteiger charge is -2.03. The molecule has 11 nitrogen and oxygen atoms in total. The van der Waals surface area contributed by atoms with Crippen molar-refractivity contribution in [3.8, 4) is 11.6 Å². The summed E-state index contributed by atoms with van der Waals surface area (Å²) in [4.78, 5) is 12.2. The Kier molecular flexibility index (Phi) is 5.35. The molecule has 0 atom stereocenters. The molecule has 26 heavy (non-hydrogen) atoms. The quantitative estimate of drug-likeness (QED) is 0.236. The molecule has 0 aliphatic rings. The van der Waals surface area contributed by atoms with Crippen molar-refractivity contribution < 1.29 is 14.5 Å². The fourth-order valence-corrected chi connectivity index (χ4v) is 3.87. The number of anilines is 1. The Morgan fingerprint density at radius 2 is 2.19 bits per heavy atom. The van der Waals surface area contributed by atoms with Gasteiger partial charge in [-0.15, -0.1) is 5.10 Å². The zero-order chi connectivity index (χ0) is 18.8. The van der Waals surface area contributed by atoms with Crippen molar-refractivity contribution in [2.45, 2.75) is 6.92 Å². The number of hydrazone groups is 1. The van der Waals surface area contributed by atoms with Crippen LogP contribution in [0.3, 0.4) is 0 Å². The van der Waals surface area contributed by atoms with Gasteiger partial charge in [-0.2, -0.15) is 9.78 Å². The molecule has 0 fully saturated rings. The number of amides is 1.